The predicted octanol–water partition coefficient (Wildman–Crippen LogP) is 5.07. The van der Waals surface area contributed by atoms with E-state index in [1.807, 2.05) is 12.1 Å². The molecule has 0 spiro atoms. The summed E-state index contributed by atoms with van der Waals surface area (Å²) in [5.41, 5.74) is 12.9. The normalized spacial score (nSPS) is 20.0. The molecular weight excluding hydrogens is 294 g/mol. The quantitative estimate of drug-likeness (QED) is 0.843. The van der Waals surface area contributed by atoms with Gasteiger partial charge in [0.2, 0.25) is 5.91 Å². The molecule has 0 heterocycles. The van der Waals surface area contributed by atoms with Crippen molar-refractivity contribution in [3.8, 4) is 0 Å². The summed E-state index contributed by atoms with van der Waals surface area (Å²) in [6.45, 7) is 8.86. The van der Waals surface area contributed by atoms with Gasteiger partial charge in [-0.1, -0.05) is 38.1 Å². The molecule has 0 aliphatic heterocycles. The average molecular weight is 321 g/mol. The van der Waals surface area contributed by atoms with Crippen molar-refractivity contribution < 1.29 is 4.79 Å². The number of carbonyl (C=O) groups is 1. The van der Waals surface area contributed by atoms with Crippen LogP contribution < -0.4 is 5.73 Å². The maximum absolute atomic E-state index is 11.6. The van der Waals surface area contributed by atoms with Gasteiger partial charge >= 0.3 is 0 Å². The summed E-state index contributed by atoms with van der Waals surface area (Å²) in [7, 11) is 0. The van der Waals surface area contributed by atoms with Crippen LogP contribution in [0.15, 0.2) is 36.4 Å². The minimum Gasteiger partial charge on any atom is -0.366 e. The van der Waals surface area contributed by atoms with Crippen molar-refractivity contribution in [1.82, 2.24) is 0 Å². The monoisotopic (exact) mass is 321 g/mol. The number of fused-ring (bicyclic) bond motifs is 1. The standard InChI is InChI=1S/C22H27NO/c1-13(2)18-9-10-19(16-6-5-14(3)15(4)11-16)20-8-7-17(22(23)24)12-21(18)20/h5-8,11-13,18-19H,9-10H2,1-4H3,(H2,23,24). The van der Waals surface area contributed by atoms with Crippen molar-refractivity contribution in [2.45, 2.75) is 52.4 Å². The Morgan fingerprint density at radius 2 is 1.75 bits per heavy atom. The lowest BCUT2D eigenvalue weighted by molar-refractivity contribution is 0.1000. The summed E-state index contributed by atoms with van der Waals surface area (Å²) >= 11 is 0. The van der Waals surface area contributed by atoms with E-state index in [0.717, 1.165) is 12.8 Å². The van der Waals surface area contributed by atoms with Gasteiger partial charge in [-0.2, -0.15) is 0 Å². The molecule has 0 radical (unpaired) electrons. The molecule has 1 aliphatic rings. The zero-order valence-electron chi connectivity index (χ0n) is 15.1. The Bertz CT molecular complexity index is 776. The fourth-order valence-electron chi connectivity index (χ4n) is 4.04. The molecule has 0 bridgehead atoms. The van der Waals surface area contributed by atoms with Crippen LogP contribution in [0.1, 0.15) is 76.7 Å². The number of rotatable bonds is 3. The van der Waals surface area contributed by atoms with Crippen molar-refractivity contribution in [1.29, 1.82) is 0 Å². The molecule has 2 aromatic carbocycles. The minimum atomic E-state index is -0.339. The number of carbonyl (C=O) groups excluding carboxylic acids is 1. The number of benzene rings is 2. The van der Waals surface area contributed by atoms with E-state index >= 15 is 0 Å². The Hall–Kier alpha value is -2.09. The van der Waals surface area contributed by atoms with Crippen LogP contribution >= 0.6 is 0 Å². The van der Waals surface area contributed by atoms with Crippen LogP contribution in [0.5, 0.6) is 0 Å². The Balaban J connectivity index is 2.10. The van der Waals surface area contributed by atoms with Crippen LogP contribution in [-0.2, 0) is 0 Å². The summed E-state index contributed by atoms with van der Waals surface area (Å²) in [6, 6.07) is 12.9. The maximum atomic E-state index is 11.6. The van der Waals surface area contributed by atoms with E-state index < -0.39 is 0 Å². The number of primary amides is 1. The van der Waals surface area contributed by atoms with Gasteiger partial charge in [-0.3, -0.25) is 4.79 Å². The predicted molar refractivity (Wildman–Crippen MR) is 99.5 cm³/mol. The molecule has 0 aromatic heterocycles. The minimum absolute atomic E-state index is 0.339. The van der Waals surface area contributed by atoms with E-state index in [2.05, 4.69) is 52.0 Å². The number of hydrogen-bond donors (Lipinski definition) is 1. The van der Waals surface area contributed by atoms with E-state index in [0.29, 0.717) is 23.3 Å². The summed E-state index contributed by atoms with van der Waals surface area (Å²) in [4.78, 5) is 11.6. The second kappa shape index (κ2) is 6.43. The first-order valence-electron chi connectivity index (χ1n) is 8.89. The van der Waals surface area contributed by atoms with Crippen molar-refractivity contribution in [2.24, 2.45) is 11.7 Å². The second-order valence-electron chi connectivity index (χ2n) is 7.53. The van der Waals surface area contributed by atoms with Gasteiger partial charge in [-0.05, 0) is 78.5 Å². The van der Waals surface area contributed by atoms with E-state index in [-0.39, 0.29) is 5.91 Å². The van der Waals surface area contributed by atoms with Gasteiger partial charge in [-0.15, -0.1) is 0 Å². The molecule has 0 saturated heterocycles. The van der Waals surface area contributed by atoms with Gasteiger partial charge in [0.05, 0.1) is 0 Å². The van der Waals surface area contributed by atoms with E-state index in [1.54, 1.807) is 0 Å². The van der Waals surface area contributed by atoms with Crippen LogP contribution in [-0.4, -0.2) is 5.91 Å². The van der Waals surface area contributed by atoms with Gasteiger partial charge in [-0.25, -0.2) is 0 Å². The van der Waals surface area contributed by atoms with E-state index in [4.69, 9.17) is 5.73 Å². The molecule has 1 amide bonds. The Morgan fingerprint density at radius 1 is 1.00 bits per heavy atom. The Labute approximate surface area is 145 Å². The highest BCUT2D eigenvalue weighted by Gasteiger charge is 2.30. The highest BCUT2D eigenvalue weighted by molar-refractivity contribution is 5.93. The fraction of sp³-hybridized carbons (Fsp3) is 0.409. The molecule has 126 valence electrons. The highest BCUT2D eigenvalue weighted by Crippen LogP contribution is 2.45. The van der Waals surface area contributed by atoms with E-state index in [1.165, 1.54) is 27.8 Å². The molecule has 2 nitrogen and oxygen atoms in total. The third kappa shape index (κ3) is 2.98. The summed E-state index contributed by atoms with van der Waals surface area (Å²) in [5, 5.41) is 0. The molecule has 1 aliphatic carbocycles. The van der Waals surface area contributed by atoms with Crippen LogP contribution in [0, 0.1) is 19.8 Å². The fourth-order valence-corrected chi connectivity index (χ4v) is 4.04. The van der Waals surface area contributed by atoms with Crippen molar-refractivity contribution in [3.63, 3.8) is 0 Å². The molecule has 2 unspecified atom stereocenters. The lowest BCUT2D eigenvalue weighted by Crippen LogP contribution is -2.21. The van der Waals surface area contributed by atoms with Gasteiger partial charge < -0.3 is 5.73 Å². The zero-order chi connectivity index (χ0) is 17.4. The largest absolute Gasteiger partial charge is 0.366 e. The molecule has 0 saturated carbocycles. The molecular formula is C22H27NO. The molecule has 2 heteroatoms. The zero-order valence-corrected chi connectivity index (χ0v) is 15.1. The SMILES string of the molecule is Cc1ccc(C2CCC(C(C)C)c3cc(C(N)=O)ccc32)cc1C. The number of nitrogens with two attached hydrogens (primary N) is 1. The lowest BCUT2D eigenvalue weighted by atomic mass is 9.70. The topological polar surface area (TPSA) is 43.1 Å². The summed E-state index contributed by atoms with van der Waals surface area (Å²) < 4.78 is 0. The van der Waals surface area contributed by atoms with Crippen molar-refractivity contribution in [2.75, 3.05) is 0 Å². The van der Waals surface area contributed by atoms with Crippen LogP contribution in [0.2, 0.25) is 0 Å². The van der Waals surface area contributed by atoms with Gasteiger partial charge in [0, 0.05) is 11.5 Å². The van der Waals surface area contributed by atoms with Gasteiger partial charge in [0.25, 0.3) is 0 Å². The first-order chi connectivity index (χ1) is 11.4. The molecule has 24 heavy (non-hydrogen) atoms. The van der Waals surface area contributed by atoms with Crippen molar-refractivity contribution in [3.05, 3.63) is 69.8 Å². The molecule has 2 N–H and O–H groups in total. The summed E-state index contributed by atoms with van der Waals surface area (Å²) in [6.07, 6.45) is 2.32. The number of amides is 1. The van der Waals surface area contributed by atoms with Crippen LogP contribution in [0.3, 0.4) is 0 Å². The number of aryl methyl sites for hydroxylation is 2. The van der Waals surface area contributed by atoms with Crippen molar-refractivity contribution >= 4 is 5.91 Å². The van der Waals surface area contributed by atoms with E-state index in [9.17, 15) is 4.79 Å². The first kappa shape index (κ1) is 16.8. The van der Waals surface area contributed by atoms with Crippen LogP contribution in [0.25, 0.3) is 0 Å². The molecule has 0 fully saturated rings. The lowest BCUT2D eigenvalue weighted by Gasteiger charge is -2.34. The maximum Gasteiger partial charge on any atom is 0.248 e. The second-order valence-corrected chi connectivity index (χ2v) is 7.53. The first-order valence-corrected chi connectivity index (χ1v) is 8.89. The Morgan fingerprint density at radius 3 is 2.38 bits per heavy atom. The molecule has 2 atom stereocenters. The Kier molecular flexibility index (Phi) is 4.49. The third-order valence-electron chi connectivity index (χ3n) is 5.65. The average Bonchev–Trinajstić information content (AvgIpc) is 2.55. The smallest absolute Gasteiger partial charge is 0.248 e. The van der Waals surface area contributed by atoms with Gasteiger partial charge in [0.1, 0.15) is 0 Å². The molecule has 3 rings (SSSR count). The summed E-state index contributed by atoms with van der Waals surface area (Å²) in [5.74, 6) is 1.14. The van der Waals surface area contributed by atoms with Crippen LogP contribution in [0.4, 0.5) is 0 Å². The molecule has 2 aromatic rings. The third-order valence-corrected chi connectivity index (χ3v) is 5.65. The number of hydrogen-bond acceptors (Lipinski definition) is 1. The highest BCUT2D eigenvalue weighted by atomic mass is 16.1. The van der Waals surface area contributed by atoms with Gasteiger partial charge in [0.15, 0.2) is 0 Å².